The van der Waals surface area contributed by atoms with E-state index in [0.29, 0.717) is 17.5 Å². The number of hydrogen-bond acceptors (Lipinski definition) is 3. The Kier molecular flexibility index (Phi) is 5.79. The zero-order chi connectivity index (χ0) is 15.3. The van der Waals surface area contributed by atoms with Crippen LogP contribution in [-0.2, 0) is 16.4 Å². The summed E-state index contributed by atoms with van der Waals surface area (Å²) < 4.78 is 27.2. The molecule has 0 bridgehead atoms. The number of rotatable bonds is 7. The van der Waals surface area contributed by atoms with E-state index in [9.17, 15) is 8.42 Å². The van der Waals surface area contributed by atoms with Crippen molar-refractivity contribution in [3.05, 3.63) is 29.8 Å². The molecule has 0 amide bonds. The molecule has 1 heterocycles. The molecule has 2 rings (SSSR count). The molecule has 0 aromatic heterocycles. The van der Waals surface area contributed by atoms with Gasteiger partial charge in [-0.2, -0.15) is 0 Å². The van der Waals surface area contributed by atoms with Gasteiger partial charge in [0.25, 0.3) is 0 Å². The van der Waals surface area contributed by atoms with Gasteiger partial charge in [-0.25, -0.2) is 13.1 Å². The number of benzene rings is 1. The molecule has 1 aromatic carbocycles. The first kappa shape index (κ1) is 16.5. The van der Waals surface area contributed by atoms with Gasteiger partial charge in [0.2, 0.25) is 10.0 Å². The third kappa shape index (κ3) is 4.53. The Balaban J connectivity index is 1.88. The van der Waals surface area contributed by atoms with Gasteiger partial charge in [0, 0.05) is 12.6 Å². The van der Waals surface area contributed by atoms with Crippen LogP contribution in [0.4, 0.5) is 0 Å². The Labute approximate surface area is 128 Å². The molecule has 1 saturated heterocycles. The summed E-state index contributed by atoms with van der Waals surface area (Å²) in [5.41, 5.74) is 1.18. The fourth-order valence-corrected chi connectivity index (χ4v) is 3.96. The van der Waals surface area contributed by atoms with Crippen molar-refractivity contribution >= 4 is 10.0 Å². The van der Waals surface area contributed by atoms with Crippen molar-refractivity contribution in [1.82, 2.24) is 9.62 Å². The predicted octanol–water partition coefficient (Wildman–Crippen LogP) is 2.40. The van der Waals surface area contributed by atoms with Crippen LogP contribution in [-0.4, -0.2) is 39.5 Å². The van der Waals surface area contributed by atoms with E-state index < -0.39 is 10.0 Å². The summed E-state index contributed by atoms with van der Waals surface area (Å²) >= 11 is 0. The van der Waals surface area contributed by atoms with Crippen molar-refractivity contribution in [2.75, 3.05) is 20.1 Å². The molecular formula is C16H26N2O2S. The van der Waals surface area contributed by atoms with Gasteiger partial charge in [0.1, 0.15) is 0 Å². The Bertz CT molecular complexity index is 540. The van der Waals surface area contributed by atoms with Gasteiger partial charge in [-0.3, -0.25) is 0 Å². The monoisotopic (exact) mass is 310 g/mol. The van der Waals surface area contributed by atoms with Crippen LogP contribution in [0.15, 0.2) is 29.2 Å². The van der Waals surface area contributed by atoms with Crippen LogP contribution < -0.4 is 4.72 Å². The Morgan fingerprint density at radius 2 is 2.00 bits per heavy atom. The summed E-state index contributed by atoms with van der Waals surface area (Å²) in [4.78, 5) is 2.68. The first-order valence-electron chi connectivity index (χ1n) is 7.82. The predicted molar refractivity (Wildman–Crippen MR) is 85.9 cm³/mol. The lowest BCUT2D eigenvalue weighted by Gasteiger charge is -2.19. The minimum absolute atomic E-state index is 0.363. The van der Waals surface area contributed by atoms with Crippen molar-refractivity contribution in [2.24, 2.45) is 0 Å². The number of sulfonamides is 1. The average molecular weight is 310 g/mol. The normalized spacial score (nSPS) is 20.0. The lowest BCUT2D eigenvalue weighted by molar-refractivity contribution is 0.297. The summed E-state index contributed by atoms with van der Waals surface area (Å²) in [6, 6.07) is 7.73. The van der Waals surface area contributed by atoms with E-state index in [0.717, 1.165) is 25.8 Å². The smallest absolute Gasteiger partial charge is 0.240 e. The minimum Gasteiger partial charge on any atom is -0.303 e. The molecule has 1 N–H and O–H groups in total. The molecule has 1 unspecified atom stereocenters. The van der Waals surface area contributed by atoms with Gasteiger partial charge < -0.3 is 4.90 Å². The molecule has 0 aliphatic carbocycles. The lowest BCUT2D eigenvalue weighted by atomic mass is 10.1. The lowest BCUT2D eigenvalue weighted by Crippen LogP contribution is -2.31. The standard InChI is InChI=1S/C16H26N2O2S/c1-3-5-14-7-9-16(10-8-14)21(19,20)17-12-11-15-6-4-13-18(15)2/h7-10,15,17H,3-6,11-13H2,1-2H3. The van der Waals surface area contributed by atoms with E-state index in [1.54, 1.807) is 12.1 Å². The van der Waals surface area contributed by atoms with Crippen molar-refractivity contribution in [2.45, 2.75) is 50.0 Å². The molecule has 4 nitrogen and oxygen atoms in total. The van der Waals surface area contributed by atoms with Gasteiger partial charge in [0.15, 0.2) is 0 Å². The average Bonchev–Trinajstić information content (AvgIpc) is 2.85. The van der Waals surface area contributed by atoms with Gasteiger partial charge in [0.05, 0.1) is 4.90 Å². The summed E-state index contributed by atoms with van der Waals surface area (Å²) in [6.45, 7) is 3.75. The van der Waals surface area contributed by atoms with E-state index in [4.69, 9.17) is 0 Å². The SMILES string of the molecule is CCCc1ccc(S(=O)(=O)NCCC2CCCN2C)cc1. The second-order valence-corrected chi connectivity index (χ2v) is 7.62. The molecule has 1 aliphatic heterocycles. The van der Waals surface area contributed by atoms with E-state index in [2.05, 4.69) is 23.6 Å². The highest BCUT2D eigenvalue weighted by molar-refractivity contribution is 7.89. The molecule has 5 heteroatoms. The quantitative estimate of drug-likeness (QED) is 0.841. The van der Waals surface area contributed by atoms with E-state index in [1.807, 2.05) is 12.1 Å². The second kappa shape index (κ2) is 7.38. The Hall–Kier alpha value is -0.910. The number of hydrogen-bond donors (Lipinski definition) is 1. The van der Waals surface area contributed by atoms with Crippen molar-refractivity contribution in [1.29, 1.82) is 0 Å². The molecule has 0 spiro atoms. The maximum absolute atomic E-state index is 12.2. The molecule has 1 aromatic rings. The Morgan fingerprint density at radius 3 is 2.57 bits per heavy atom. The molecule has 1 fully saturated rings. The third-order valence-electron chi connectivity index (χ3n) is 4.21. The van der Waals surface area contributed by atoms with Crippen molar-refractivity contribution in [3.63, 3.8) is 0 Å². The van der Waals surface area contributed by atoms with E-state index in [1.165, 1.54) is 18.4 Å². The molecule has 0 saturated carbocycles. The highest BCUT2D eigenvalue weighted by atomic mass is 32.2. The first-order chi connectivity index (χ1) is 10.0. The number of likely N-dealkylation sites (tertiary alicyclic amines) is 1. The van der Waals surface area contributed by atoms with E-state index >= 15 is 0 Å². The summed E-state index contributed by atoms with van der Waals surface area (Å²) in [5, 5.41) is 0. The van der Waals surface area contributed by atoms with Crippen LogP contribution in [0.25, 0.3) is 0 Å². The topological polar surface area (TPSA) is 49.4 Å². The van der Waals surface area contributed by atoms with Gasteiger partial charge in [-0.15, -0.1) is 0 Å². The number of nitrogens with one attached hydrogen (secondary N) is 1. The van der Waals surface area contributed by atoms with Crippen LogP contribution in [0.2, 0.25) is 0 Å². The van der Waals surface area contributed by atoms with E-state index in [-0.39, 0.29) is 0 Å². The largest absolute Gasteiger partial charge is 0.303 e. The zero-order valence-electron chi connectivity index (χ0n) is 13.0. The fraction of sp³-hybridized carbons (Fsp3) is 0.625. The van der Waals surface area contributed by atoms with Crippen LogP contribution in [0, 0.1) is 0 Å². The third-order valence-corrected chi connectivity index (χ3v) is 5.69. The van der Waals surface area contributed by atoms with Gasteiger partial charge in [-0.05, 0) is 57.0 Å². The summed E-state index contributed by atoms with van der Waals surface area (Å²) in [7, 11) is -1.26. The Morgan fingerprint density at radius 1 is 1.29 bits per heavy atom. The molecule has 1 atom stereocenters. The number of aryl methyl sites for hydroxylation is 1. The van der Waals surface area contributed by atoms with Crippen LogP contribution in [0.5, 0.6) is 0 Å². The summed E-state index contributed by atoms with van der Waals surface area (Å²) in [5.74, 6) is 0. The maximum atomic E-state index is 12.2. The molecule has 118 valence electrons. The molecule has 0 radical (unpaired) electrons. The van der Waals surface area contributed by atoms with Crippen molar-refractivity contribution in [3.8, 4) is 0 Å². The molecule has 1 aliphatic rings. The van der Waals surface area contributed by atoms with Crippen LogP contribution in [0.1, 0.15) is 38.2 Å². The van der Waals surface area contributed by atoms with Gasteiger partial charge >= 0.3 is 0 Å². The molecule has 21 heavy (non-hydrogen) atoms. The number of nitrogens with zero attached hydrogens (tertiary/aromatic N) is 1. The summed E-state index contributed by atoms with van der Waals surface area (Å²) in [6.07, 6.45) is 5.32. The van der Waals surface area contributed by atoms with Crippen LogP contribution >= 0.6 is 0 Å². The van der Waals surface area contributed by atoms with Crippen LogP contribution in [0.3, 0.4) is 0 Å². The zero-order valence-corrected chi connectivity index (χ0v) is 13.8. The molecular weight excluding hydrogens is 284 g/mol. The fourth-order valence-electron chi connectivity index (χ4n) is 2.91. The highest BCUT2D eigenvalue weighted by Gasteiger charge is 2.21. The van der Waals surface area contributed by atoms with Crippen molar-refractivity contribution < 1.29 is 8.42 Å². The minimum atomic E-state index is -3.37. The highest BCUT2D eigenvalue weighted by Crippen LogP contribution is 2.17. The maximum Gasteiger partial charge on any atom is 0.240 e. The first-order valence-corrected chi connectivity index (χ1v) is 9.30. The van der Waals surface area contributed by atoms with Gasteiger partial charge in [-0.1, -0.05) is 25.5 Å². The second-order valence-electron chi connectivity index (χ2n) is 5.86.